The lowest BCUT2D eigenvalue weighted by molar-refractivity contribution is 0.0730. The lowest BCUT2D eigenvalue weighted by Gasteiger charge is -2.26. The number of sulfonamides is 1. The van der Waals surface area contributed by atoms with Gasteiger partial charge in [0.15, 0.2) is 5.11 Å². The highest BCUT2D eigenvalue weighted by Crippen LogP contribution is 2.29. The highest BCUT2D eigenvalue weighted by molar-refractivity contribution is 7.89. The first kappa shape index (κ1) is 21.5. The van der Waals surface area contributed by atoms with Gasteiger partial charge >= 0.3 is 0 Å². The van der Waals surface area contributed by atoms with Crippen LogP contribution in [0.15, 0.2) is 41.3 Å². The molecule has 1 heterocycles. The molecule has 2 aromatic rings. The molecule has 0 radical (unpaired) electrons. The zero-order valence-electron chi connectivity index (χ0n) is 16.7. The molecule has 0 spiro atoms. The number of morpholine rings is 1. The number of methoxy groups -OCH3 is 1. The minimum atomic E-state index is -3.60. The number of benzene rings is 2. The van der Waals surface area contributed by atoms with E-state index in [9.17, 15) is 8.42 Å². The first-order valence-corrected chi connectivity index (χ1v) is 11.1. The highest BCUT2D eigenvalue weighted by Gasteiger charge is 2.27. The summed E-state index contributed by atoms with van der Waals surface area (Å²) in [5, 5.41) is 6.62. The van der Waals surface area contributed by atoms with E-state index >= 15 is 0 Å². The van der Waals surface area contributed by atoms with Gasteiger partial charge in [-0.25, -0.2) is 8.42 Å². The van der Waals surface area contributed by atoms with Crippen LogP contribution in [0.1, 0.15) is 11.1 Å². The first-order chi connectivity index (χ1) is 13.8. The molecule has 3 rings (SSSR count). The fourth-order valence-corrected chi connectivity index (χ4v) is 4.74. The normalized spacial score (nSPS) is 15.0. The van der Waals surface area contributed by atoms with Crippen LogP contribution in [0.2, 0.25) is 0 Å². The topological polar surface area (TPSA) is 79.9 Å². The van der Waals surface area contributed by atoms with E-state index < -0.39 is 10.0 Å². The Bertz CT molecular complexity index is 1000. The molecule has 0 aliphatic carbocycles. The number of hydrogen-bond donors (Lipinski definition) is 2. The van der Waals surface area contributed by atoms with Crippen molar-refractivity contribution in [1.29, 1.82) is 0 Å². The molecule has 156 valence electrons. The van der Waals surface area contributed by atoms with Gasteiger partial charge in [-0.05, 0) is 49.8 Å². The molecule has 1 aliphatic rings. The lowest BCUT2D eigenvalue weighted by atomic mass is 10.1. The lowest BCUT2D eigenvalue weighted by Crippen LogP contribution is -2.40. The Morgan fingerprint density at radius 1 is 1.07 bits per heavy atom. The molecule has 0 amide bonds. The summed E-state index contributed by atoms with van der Waals surface area (Å²) >= 11 is 5.41. The van der Waals surface area contributed by atoms with Crippen molar-refractivity contribution >= 4 is 38.7 Å². The number of thiocarbonyl (C=S) groups is 1. The van der Waals surface area contributed by atoms with Crippen LogP contribution in [0.25, 0.3) is 0 Å². The summed E-state index contributed by atoms with van der Waals surface area (Å²) in [5.74, 6) is 0.393. The van der Waals surface area contributed by atoms with E-state index in [1.807, 2.05) is 26.0 Å². The van der Waals surface area contributed by atoms with Gasteiger partial charge in [0.25, 0.3) is 0 Å². The Labute approximate surface area is 177 Å². The number of rotatable bonds is 5. The fraction of sp³-hybridized carbons (Fsp3) is 0.350. The second-order valence-electron chi connectivity index (χ2n) is 6.78. The van der Waals surface area contributed by atoms with Crippen molar-refractivity contribution in [3.63, 3.8) is 0 Å². The van der Waals surface area contributed by atoms with Crippen molar-refractivity contribution in [2.75, 3.05) is 44.0 Å². The highest BCUT2D eigenvalue weighted by atomic mass is 32.2. The van der Waals surface area contributed by atoms with Gasteiger partial charge in [0.2, 0.25) is 10.0 Å². The maximum atomic E-state index is 12.9. The summed E-state index contributed by atoms with van der Waals surface area (Å²) < 4.78 is 37.8. The van der Waals surface area contributed by atoms with Crippen LogP contribution in [0.3, 0.4) is 0 Å². The first-order valence-electron chi connectivity index (χ1n) is 9.22. The molecule has 1 saturated heterocycles. The van der Waals surface area contributed by atoms with Crippen LogP contribution in [-0.2, 0) is 14.8 Å². The Kier molecular flexibility index (Phi) is 6.74. The Hall–Kier alpha value is -2.20. The van der Waals surface area contributed by atoms with Crippen LogP contribution in [-0.4, -0.2) is 51.2 Å². The van der Waals surface area contributed by atoms with Crippen LogP contribution < -0.4 is 15.4 Å². The smallest absolute Gasteiger partial charge is 0.243 e. The van der Waals surface area contributed by atoms with Gasteiger partial charge in [-0.1, -0.05) is 17.7 Å². The number of nitrogens with one attached hydrogen (secondary N) is 2. The molecule has 1 fully saturated rings. The summed E-state index contributed by atoms with van der Waals surface area (Å²) in [5.41, 5.74) is 3.73. The number of hydrogen-bond acceptors (Lipinski definition) is 5. The van der Waals surface area contributed by atoms with Gasteiger partial charge in [0.1, 0.15) is 5.75 Å². The summed E-state index contributed by atoms with van der Waals surface area (Å²) in [4.78, 5) is 0.176. The molecule has 0 aromatic heterocycles. The zero-order chi connectivity index (χ0) is 21.0. The summed E-state index contributed by atoms with van der Waals surface area (Å²) in [7, 11) is -2.11. The Balaban J connectivity index is 1.77. The zero-order valence-corrected chi connectivity index (χ0v) is 18.3. The molecular formula is C20H25N3O4S2. The van der Waals surface area contributed by atoms with Crippen LogP contribution in [0.4, 0.5) is 11.4 Å². The third-order valence-corrected chi connectivity index (χ3v) is 6.76. The van der Waals surface area contributed by atoms with E-state index in [0.717, 1.165) is 11.3 Å². The van der Waals surface area contributed by atoms with E-state index in [-0.39, 0.29) is 4.90 Å². The molecule has 0 atom stereocenters. The SMILES string of the molecule is COc1cc(S(=O)(=O)N2CCOCC2)ccc1NC(=S)Nc1ccc(C)cc1C. The summed E-state index contributed by atoms with van der Waals surface area (Å²) in [6.45, 7) is 5.51. The number of aryl methyl sites for hydroxylation is 2. The molecule has 0 unspecified atom stereocenters. The molecule has 0 bridgehead atoms. The second kappa shape index (κ2) is 9.08. The fourth-order valence-electron chi connectivity index (χ4n) is 3.10. The van der Waals surface area contributed by atoms with E-state index in [1.165, 1.54) is 23.0 Å². The van der Waals surface area contributed by atoms with Crippen molar-refractivity contribution in [3.05, 3.63) is 47.5 Å². The minimum Gasteiger partial charge on any atom is -0.495 e. The molecule has 7 nitrogen and oxygen atoms in total. The molecular weight excluding hydrogens is 410 g/mol. The Morgan fingerprint density at radius 3 is 2.38 bits per heavy atom. The van der Waals surface area contributed by atoms with Crippen LogP contribution in [0.5, 0.6) is 5.75 Å². The minimum absolute atomic E-state index is 0.176. The largest absolute Gasteiger partial charge is 0.495 e. The Morgan fingerprint density at radius 2 is 1.72 bits per heavy atom. The standard InChI is InChI=1S/C20H25N3O4S2/c1-14-4-6-17(15(2)12-14)21-20(28)22-18-7-5-16(13-19(18)26-3)29(24,25)23-8-10-27-11-9-23/h4-7,12-13H,8-11H2,1-3H3,(H2,21,22,28). The van der Waals surface area contributed by atoms with Gasteiger partial charge in [0.05, 0.1) is 30.9 Å². The van der Waals surface area contributed by atoms with Crippen molar-refractivity contribution in [3.8, 4) is 5.75 Å². The van der Waals surface area contributed by atoms with Crippen molar-refractivity contribution in [2.24, 2.45) is 0 Å². The van der Waals surface area contributed by atoms with Gasteiger partial charge < -0.3 is 20.1 Å². The van der Waals surface area contributed by atoms with Crippen LogP contribution >= 0.6 is 12.2 Å². The summed E-state index contributed by atoms with van der Waals surface area (Å²) in [6.07, 6.45) is 0. The average molecular weight is 436 g/mol. The number of ether oxygens (including phenoxy) is 2. The van der Waals surface area contributed by atoms with E-state index in [1.54, 1.807) is 12.1 Å². The maximum absolute atomic E-state index is 12.9. The van der Waals surface area contributed by atoms with Crippen molar-refractivity contribution < 1.29 is 17.9 Å². The van der Waals surface area contributed by atoms with Crippen LogP contribution in [0, 0.1) is 13.8 Å². The average Bonchev–Trinajstić information content (AvgIpc) is 2.71. The third-order valence-electron chi connectivity index (χ3n) is 4.66. The molecule has 0 saturated carbocycles. The predicted octanol–water partition coefficient (Wildman–Crippen LogP) is 3.14. The molecule has 1 aliphatic heterocycles. The molecule has 29 heavy (non-hydrogen) atoms. The van der Waals surface area contributed by atoms with Crippen molar-refractivity contribution in [2.45, 2.75) is 18.7 Å². The third kappa shape index (κ3) is 5.05. The van der Waals surface area contributed by atoms with Gasteiger partial charge in [-0.2, -0.15) is 4.31 Å². The van der Waals surface area contributed by atoms with E-state index in [2.05, 4.69) is 16.7 Å². The molecule has 2 aromatic carbocycles. The number of nitrogens with zero attached hydrogens (tertiary/aromatic N) is 1. The number of anilines is 2. The van der Waals surface area contributed by atoms with Crippen molar-refractivity contribution in [1.82, 2.24) is 4.31 Å². The quantitative estimate of drug-likeness (QED) is 0.699. The van der Waals surface area contributed by atoms with Gasteiger partial charge in [-0.15, -0.1) is 0 Å². The monoisotopic (exact) mass is 435 g/mol. The van der Waals surface area contributed by atoms with E-state index in [0.29, 0.717) is 42.9 Å². The maximum Gasteiger partial charge on any atom is 0.243 e. The summed E-state index contributed by atoms with van der Waals surface area (Å²) in [6, 6.07) is 10.7. The predicted molar refractivity (Wildman–Crippen MR) is 118 cm³/mol. The van der Waals surface area contributed by atoms with E-state index in [4.69, 9.17) is 21.7 Å². The molecule has 2 N–H and O–H groups in total. The van der Waals surface area contributed by atoms with Gasteiger partial charge in [0, 0.05) is 24.8 Å². The molecule has 9 heteroatoms. The van der Waals surface area contributed by atoms with Gasteiger partial charge in [-0.3, -0.25) is 0 Å². The second-order valence-corrected chi connectivity index (χ2v) is 9.12.